The van der Waals surface area contributed by atoms with Gasteiger partial charge in [-0.3, -0.25) is 0 Å². The topological polar surface area (TPSA) is 21.7 Å². The first-order chi connectivity index (χ1) is 15.3. The minimum atomic E-state index is 0.833. The Hall–Kier alpha value is -3.98. The van der Waals surface area contributed by atoms with Crippen LogP contribution >= 0.6 is 0 Å². The molecule has 0 aliphatic heterocycles. The van der Waals surface area contributed by atoms with Crippen molar-refractivity contribution in [2.75, 3.05) is 19.1 Å². The van der Waals surface area contributed by atoms with Crippen molar-refractivity contribution in [3.8, 4) is 11.5 Å². The normalized spacial score (nSPS) is 10.8. The summed E-state index contributed by atoms with van der Waals surface area (Å²) in [5, 5.41) is 0. The molecule has 0 fully saturated rings. The van der Waals surface area contributed by atoms with Crippen molar-refractivity contribution in [1.82, 2.24) is 0 Å². The fraction of sp³-hybridized carbons (Fsp3) is 0.0714. The number of benzene rings is 4. The van der Waals surface area contributed by atoms with E-state index < -0.39 is 0 Å². The molecule has 4 aromatic carbocycles. The van der Waals surface area contributed by atoms with Crippen molar-refractivity contribution in [2.45, 2.75) is 0 Å². The number of rotatable bonds is 7. The summed E-state index contributed by atoms with van der Waals surface area (Å²) in [6, 6.07) is 35.0. The second-order valence-electron chi connectivity index (χ2n) is 7.07. The Bertz CT molecular complexity index is 1070. The molecule has 0 saturated heterocycles. The van der Waals surface area contributed by atoms with E-state index in [9.17, 15) is 0 Å². The van der Waals surface area contributed by atoms with Gasteiger partial charge in [0.2, 0.25) is 0 Å². The molecule has 0 amide bonds. The van der Waals surface area contributed by atoms with Crippen molar-refractivity contribution >= 4 is 29.2 Å². The van der Waals surface area contributed by atoms with Gasteiger partial charge < -0.3 is 14.4 Å². The molecule has 0 aliphatic carbocycles. The van der Waals surface area contributed by atoms with Crippen LogP contribution in [0, 0.1) is 0 Å². The van der Waals surface area contributed by atoms with Crippen LogP contribution in [0.1, 0.15) is 11.1 Å². The minimum Gasteiger partial charge on any atom is -0.497 e. The lowest BCUT2D eigenvalue weighted by Crippen LogP contribution is -2.09. The maximum Gasteiger partial charge on any atom is 0.119 e. The smallest absolute Gasteiger partial charge is 0.119 e. The Balaban J connectivity index is 1.66. The molecule has 3 nitrogen and oxygen atoms in total. The van der Waals surface area contributed by atoms with Gasteiger partial charge in [0.05, 0.1) is 14.2 Å². The highest BCUT2D eigenvalue weighted by Gasteiger charge is 2.12. The number of methoxy groups -OCH3 is 2. The molecule has 0 N–H and O–H groups in total. The number of nitrogens with zero attached hydrogens (tertiary/aromatic N) is 1. The van der Waals surface area contributed by atoms with Crippen molar-refractivity contribution in [1.29, 1.82) is 0 Å². The SMILES string of the molecule is COc1ccc(N(c2ccc(C=Cc3ccccc3)cc2)c2ccc(OC)cc2)cc1. The molecule has 0 heterocycles. The molecule has 31 heavy (non-hydrogen) atoms. The van der Waals surface area contributed by atoms with E-state index in [1.54, 1.807) is 14.2 Å². The van der Waals surface area contributed by atoms with Gasteiger partial charge in [-0.2, -0.15) is 0 Å². The standard InChI is InChI=1S/C28H25NO2/c1-30-27-18-14-25(15-19-27)29(26-16-20-28(31-2)21-17-26)24-12-10-23(11-13-24)9-8-22-6-4-3-5-7-22/h3-21H,1-2H3. The zero-order valence-electron chi connectivity index (χ0n) is 17.7. The van der Waals surface area contributed by atoms with Crippen LogP contribution in [0.25, 0.3) is 12.2 Å². The van der Waals surface area contributed by atoms with E-state index >= 15 is 0 Å². The van der Waals surface area contributed by atoms with Crippen LogP contribution in [-0.4, -0.2) is 14.2 Å². The van der Waals surface area contributed by atoms with Gasteiger partial charge in [0, 0.05) is 17.1 Å². The van der Waals surface area contributed by atoms with Crippen LogP contribution in [0.2, 0.25) is 0 Å². The molecule has 0 radical (unpaired) electrons. The first kappa shape index (κ1) is 20.3. The third-order valence-electron chi connectivity index (χ3n) is 5.08. The monoisotopic (exact) mass is 407 g/mol. The van der Waals surface area contributed by atoms with Crippen molar-refractivity contribution < 1.29 is 9.47 Å². The van der Waals surface area contributed by atoms with Gasteiger partial charge in [0.25, 0.3) is 0 Å². The minimum absolute atomic E-state index is 0.833. The Labute approximate surface area is 183 Å². The zero-order chi connectivity index (χ0) is 21.5. The molecule has 4 aromatic rings. The molecule has 0 saturated carbocycles. The van der Waals surface area contributed by atoms with Crippen LogP contribution in [0.4, 0.5) is 17.1 Å². The van der Waals surface area contributed by atoms with Gasteiger partial charge in [0.15, 0.2) is 0 Å². The predicted molar refractivity (Wildman–Crippen MR) is 130 cm³/mol. The summed E-state index contributed by atoms with van der Waals surface area (Å²) in [6.07, 6.45) is 4.25. The molecule has 0 bridgehead atoms. The Morgan fingerprint density at radius 1 is 0.484 bits per heavy atom. The summed E-state index contributed by atoms with van der Waals surface area (Å²) in [6.45, 7) is 0. The van der Waals surface area contributed by atoms with E-state index in [2.05, 4.69) is 77.7 Å². The highest BCUT2D eigenvalue weighted by molar-refractivity contribution is 5.78. The predicted octanol–water partition coefficient (Wildman–Crippen LogP) is 7.34. The van der Waals surface area contributed by atoms with E-state index in [0.29, 0.717) is 0 Å². The molecule has 4 rings (SSSR count). The summed E-state index contributed by atoms with van der Waals surface area (Å²) in [5.74, 6) is 1.67. The van der Waals surface area contributed by atoms with Crippen molar-refractivity contribution in [2.24, 2.45) is 0 Å². The van der Waals surface area contributed by atoms with E-state index in [1.807, 2.05) is 42.5 Å². The summed E-state index contributed by atoms with van der Waals surface area (Å²) in [7, 11) is 3.36. The Morgan fingerprint density at radius 2 is 0.871 bits per heavy atom. The first-order valence-corrected chi connectivity index (χ1v) is 10.2. The number of hydrogen-bond donors (Lipinski definition) is 0. The van der Waals surface area contributed by atoms with Crippen LogP contribution in [0.5, 0.6) is 11.5 Å². The third kappa shape index (κ3) is 4.96. The van der Waals surface area contributed by atoms with E-state index in [4.69, 9.17) is 9.47 Å². The van der Waals surface area contributed by atoms with Gasteiger partial charge in [-0.05, 0) is 71.8 Å². The number of ether oxygens (including phenoxy) is 2. The summed E-state index contributed by atoms with van der Waals surface area (Å²) in [4.78, 5) is 2.21. The lowest BCUT2D eigenvalue weighted by molar-refractivity contribution is 0.415. The molecule has 0 spiro atoms. The second kappa shape index (κ2) is 9.68. The maximum absolute atomic E-state index is 5.33. The van der Waals surface area contributed by atoms with E-state index in [-0.39, 0.29) is 0 Å². The molecule has 0 atom stereocenters. The maximum atomic E-state index is 5.33. The highest BCUT2D eigenvalue weighted by Crippen LogP contribution is 2.36. The number of anilines is 3. The van der Waals surface area contributed by atoms with Crippen LogP contribution in [0.15, 0.2) is 103 Å². The molecule has 0 unspecified atom stereocenters. The van der Waals surface area contributed by atoms with Gasteiger partial charge in [-0.25, -0.2) is 0 Å². The highest BCUT2D eigenvalue weighted by atomic mass is 16.5. The molecular formula is C28H25NO2. The van der Waals surface area contributed by atoms with Gasteiger partial charge >= 0.3 is 0 Å². The van der Waals surface area contributed by atoms with Gasteiger partial charge in [-0.1, -0.05) is 54.6 Å². The van der Waals surface area contributed by atoms with Crippen LogP contribution < -0.4 is 14.4 Å². The lowest BCUT2D eigenvalue weighted by atomic mass is 10.1. The largest absolute Gasteiger partial charge is 0.497 e. The third-order valence-corrected chi connectivity index (χ3v) is 5.08. The van der Waals surface area contributed by atoms with Crippen molar-refractivity contribution in [3.05, 3.63) is 114 Å². The lowest BCUT2D eigenvalue weighted by Gasteiger charge is -2.26. The molecule has 154 valence electrons. The quantitative estimate of drug-likeness (QED) is 0.299. The van der Waals surface area contributed by atoms with E-state index in [1.165, 1.54) is 5.56 Å². The van der Waals surface area contributed by atoms with Gasteiger partial charge in [-0.15, -0.1) is 0 Å². The Morgan fingerprint density at radius 3 is 1.29 bits per heavy atom. The summed E-state index contributed by atoms with van der Waals surface area (Å²) >= 11 is 0. The first-order valence-electron chi connectivity index (χ1n) is 10.2. The molecular weight excluding hydrogens is 382 g/mol. The summed E-state index contributed by atoms with van der Waals surface area (Å²) < 4.78 is 10.7. The second-order valence-corrected chi connectivity index (χ2v) is 7.07. The molecule has 0 aliphatic rings. The Kier molecular flexibility index (Phi) is 6.34. The van der Waals surface area contributed by atoms with Crippen LogP contribution in [-0.2, 0) is 0 Å². The van der Waals surface area contributed by atoms with Crippen LogP contribution in [0.3, 0.4) is 0 Å². The molecule has 3 heteroatoms. The fourth-order valence-electron chi connectivity index (χ4n) is 3.40. The average molecular weight is 408 g/mol. The molecule has 0 aromatic heterocycles. The fourth-order valence-corrected chi connectivity index (χ4v) is 3.40. The number of hydrogen-bond acceptors (Lipinski definition) is 3. The van der Waals surface area contributed by atoms with E-state index in [0.717, 1.165) is 34.1 Å². The average Bonchev–Trinajstić information content (AvgIpc) is 2.85. The summed E-state index contributed by atoms with van der Waals surface area (Å²) in [5.41, 5.74) is 5.52. The zero-order valence-corrected chi connectivity index (χ0v) is 17.7. The van der Waals surface area contributed by atoms with Crippen molar-refractivity contribution in [3.63, 3.8) is 0 Å². The van der Waals surface area contributed by atoms with Gasteiger partial charge in [0.1, 0.15) is 11.5 Å².